The first-order valence-corrected chi connectivity index (χ1v) is 7.93. The highest BCUT2D eigenvalue weighted by atomic mass is 19.1. The Kier molecular flexibility index (Phi) is 10.5. The maximum Gasteiger partial charge on any atom is 0.286 e. The van der Waals surface area contributed by atoms with Crippen molar-refractivity contribution >= 4 is 0 Å². The van der Waals surface area contributed by atoms with Gasteiger partial charge < -0.3 is 5.11 Å². The molecule has 0 bridgehead atoms. The second-order valence-electron chi connectivity index (χ2n) is 5.47. The minimum Gasteiger partial charge on any atom is -0.384 e. The third kappa shape index (κ3) is 7.23. The molecule has 0 aromatic heterocycles. The van der Waals surface area contributed by atoms with Crippen molar-refractivity contribution in [2.75, 3.05) is 13.1 Å². The molecule has 0 radical (unpaired) electrons. The summed E-state index contributed by atoms with van der Waals surface area (Å²) in [6.07, 6.45) is 5.85. The number of nitrogens with zero attached hydrogens (tertiary/aromatic N) is 1. The molecule has 0 amide bonds. The van der Waals surface area contributed by atoms with Crippen LogP contribution >= 0.6 is 0 Å². The first-order chi connectivity index (χ1) is 9.01. The van der Waals surface area contributed by atoms with E-state index in [2.05, 4.69) is 6.92 Å². The van der Waals surface area contributed by atoms with Gasteiger partial charge in [-0.15, -0.1) is 0 Å². The molecule has 0 aromatic rings. The number of aliphatic hydroxyl groups excluding tert-OH is 1. The Bertz CT molecular complexity index is 210. The molecule has 2 N–H and O–H groups in total. The Morgan fingerprint density at radius 2 is 1.37 bits per heavy atom. The van der Waals surface area contributed by atoms with E-state index in [0.717, 1.165) is 19.3 Å². The summed E-state index contributed by atoms with van der Waals surface area (Å²) in [6.45, 7) is 6.23. The predicted molar refractivity (Wildman–Crippen MR) is 76.6 cm³/mol. The van der Waals surface area contributed by atoms with Crippen LogP contribution in [0.3, 0.4) is 0 Å². The zero-order chi connectivity index (χ0) is 14.7. The molecule has 2 unspecified atom stereocenters. The summed E-state index contributed by atoms with van der Waals surface area (Å²) in [5.74, 6) is 0. The van der Waals surface area contributed by atoms with Gasteiger partial charge in [0.1, 0.15) is 19.2 Å². The van der Waals surface area contributed by atoms with Crippen LogP contribution in [0.5, 0.6) is 0 Å². The number of alkyl halides is 1. The van der Waals surface area contributed by atoms with Crippen molar-refractivity contribution in [1.29, 1.82) is 0 Å². The molecule has 0 spiro atoms. The normalized spacial score (nSPS) is 15.5. The number of quaternary nitrogens is 1. The largest absolute Gasteiger partial charge is 0.384 e. The van der Waals surface area contributed by atoms with E-state index in [9.17, 15) is 14.7 Å². The van der Waals surface area contributed by atoms with Crippen LogP contribution in [0.4, 0.5) is 4.39 Å². The van der Waals surface area contributed by atoms with Crippen LogP contribution in [0, 0.1) is 0 Å². The molecule has 2 atom stereocenters. The molecule has 0 saturated carbocycles. The third-order valence-electron chi connectivity index (χ3n) is 3.98. The van der Waals surface area contributed by atoms with Crippen molar-refractivity contribution in [2.24, 2.45) is 0 Å². The maximum atomic E-state index is 14.0. The molecule has 0 rings (SSSR count). The minimum atomic E-state index is -1.59. The molecule has 0 aliphatic carbocycles. The molecular weight excluding hydrogens is 245 g/mol. The number of halogens is 1. The van der Waals surface area contributed by atoms with Gasteiger partial charge >= 0.3 is 0 Å². The SMILES string of the molecule is CCCCCCCCCC(O)C(F)[N+](O)(CC)CC. The zero-order valence-corrected chi connectivity index (χ0v) is 12.9. The van der Waals surface area contributed by atoms with E-state index in [-0.39, 0.29) is 13.1 Å². The summed E-state index contributed by atoms with van der Waals surface area (Å²) in [7, 11) is 0. The molecular formula is C15H33FNO2+. The Balaban J connectivity index is 3.76. The van der Waals surface area contributed by atoms with Crippen molar-refractivity contribution in [1.82, 2.24) is 0 Å². The van der Waals surface area contributed by atoms with Gasteiger partial charge in [0.25, 0.3) is 6.30 Å². The van der Waals surface area contributed by atoms with Crippen molar-refractivity contribution in [3.05, 3.63) is 0 Å². The van der Waals surface area contributed by atoms with Gasteiger partial charge in [-0.05, 0) is 20.3 Å². The Morgan fingerprint density at radius 3 is 1.84 bits per heavy atom. The number of unbranched alkanes of at least 4 members (excludes halogenated alkanes) is 6. The molecule has 0 heterocycles. The van der Waals surface area contributed by atoms with E-state index < -0.39 is 17.0 Å². The second-order valence-corrected chi connectivity index (χ2v) is 5.47. The summed E-state index contributed by atoms with van der Waals surface area (Å²) in [5, 5.41) is 19.8. The van der Waals surface area contributed by atoms with Crippen LogP contribution in [0.25, 0.3) is 0 Å². The summed E-state index contributed by atoms with van der Waals surface area (Å²) in [5.41, 5.74) is 0. The number of hydroxylamine groups is 3. The topological polar surface area (TPSA) is 40.5 Å². The molecule has 0 saturated heterocycles. The van der Waals surface area contributed by atoms with Gasteiger partial charge in [-0.2, -0.15) is 9.04 Å². The Hall–Kier alpha value is -0.190. The van der Waals surface area contributed by atoms with Crippen LogP contribution < -0.4 is 0 Å². The van der Waals surface area contributed by atoms with E-state index in [1.54, 1.807) is 13.8 Å². The number of hydrogen-bond donors (Lipinski definition) is 2. The van der Waals surface area contributed by atoms with E-state index in [1.807, 2.05) is 0 Å². The average Bonchev–Trinajstić information content (AvgIpc) is 2.44. The third-order valence-corrected chi connectivity index (χ3v) is 3.98. The fraction of sp³-hybridized carbons (Fsp3) is 1.00. The number of rotatable bonds is 12. The van der Waals surface area contributed by atoms with Crippen LogP contribution in [0.15, 0.2) is 0 Å². The van der Waals surface area contributed by atoms with Gasteiger partial charge in [-0.25, -0.2) is 5.21 Å². The van der Waals surface area contributed by atoms with Gasteiger partial charge in [0, 0.05) is 0 Å². The summed E-state index contributed by atoms with van der Waals surface area (Å²) < 4.78 is 13.3. The van der Waals surface area contributed by atoms with Gasteiger partial charge in [0.05, 0.1) is 0 Å². The smallest absolute Gasteiger partial charge is 0.286 e. The fourth-order valence-electron chi connectivity index (χ4n) is 2.34. The van der Waals surface area contributed by atoms with Crippen molar-refractivity contribution in [3.63, 3.8) is 0 Å². The van der Waals surface area contributed by atoms with Crippen molar-refractivity contribution in [2.45, 2.75) is 84.5 Å². The number of aliphatic hydroxyl groups is 1. The Morgan fingerprint density at radius 1 is 0.895 bits per heavy atom. The standard InChI is InChI=1S/C15H33FNO2/c1-4-7-8-9-10-11-12-13-14(18)15(16)17(19,5-2)6-3/h14-15,18-19H,4-13H2,1-3H3/q+1. The second kappa shape index (κ2) is 10.6. The van der Waals surface area contributed by atoms with Crippen LogP contribution in [-0.4, -0.2) is 40.4 Å². The molecule has 0 aromatic carbocycles. The lowest BCUT2D eigenvalue weighted by molar-refractivity contribution is -1.13. The van der Waals surface area contributed by atoms with E-state index in [4.69, 9.17) is 0 Å². The highest BCUT2D eigenvalue weighted by Crippen LogP contribution is 2.19. The summed E-state index contributed by atoms with van der Waals surface area (Å²) >= 11 is 0. The van der Waals surface area contributed by atoms with Gasteiger partial charge in [0.2, 0.25) is 0 Å². The summed E-state index contributed by atoms with van der Waals surface area (Å²) in [4.78, 5) is 0. The first kappa shape index (κ1) is 18.8. The Labute approximate surface area is 118 Å². The molecule has 3 nitrogen and oxygen atoms in total. The van der Waals surface area contributed by atoms with E-state index in [1.165, 1.54) is 25.7 Å². The first-order valence-electron chi connectivity index (χ1n) is 7.93. The van der Waals surface area contributed by atoms with E-state index in [0.29, 0.717) is 6.42 Å². The summed E-state index contributed by atoms with van der Waals surface area (Å²) in [6, 6.07) is 0. The lowest BCUT2D eigenvalue weighted by Gasteiger charge is -2.33. The lowest BCUT2D eigenvalue weighted by Crippen LogP contribution is -2.55. The van der Waals surface area contributed by atoms with Gasteiger partial charge in [-0.1, -0.05) is 51.9 Å². The van der Waals surface area contributed by atoms with Crippen molar-refractivity contribution < 1.29 is 19.4 Å². The van der Waals surface area contributed by atoms with Crippen molar-refractivity contribution in [3.8, 4) is 0 Å². The monoisotopic (exact) mass is 278 g/mol. The number of hydrogen-bond acceptors (Lipinski definition) is 2. The van der Waals surface area contributed by atoms with Crippen LogP contribution in [0.2, 0.25) is 0 Å². The molecule has 116 valence electrons. The molecule has 0 aliphatic rings. The average molecular weight is 278 g/mol. The zero-order valence-electron chi connectivity index (χ0n) is 12.9. The predicted octanol–water partition coefficient (Wildman–Crippen LogP) is 4.03. The fourth-order valence-corrected chi connectivity index (χ4v) is 2.34. The molecule has 0 aliphatic heterocycles. The van der Waals surface area contributed by atoms with Crippen LogP contribution in [0.1, 0.15) is 72.1 Å². The van der Waals surface area contributed by atoms with E-state index >= 15 is 0 Å². The maximum absolute atomic E-state index is 14.0. The van der Waals surface area contributed by atoms with Gasteiger partial charge in [0.15, 0.2) is 0 Å². The molecule has 4 heteroatoms. The highest BCUT2D eigenvalue weighted by Gasteiger charge is 2.38. The molecule has 0 fully saturated rings. The lowest BCUT2D eigenvalue weighted by atomic mass is 10.1. The molecule has 19 heavy (non-hydrogen) atoms. The highest BCUT2D eigenvalue weighted by molar-refractivity contribution is 4.60. The van der Waals surface area contributed by atoms with Crippen LogP contribution in [-0.2, 0) is 0 Å². The minimum absolute atomic E-state index is 0.283. The quantitative estimate of drug-likeness (QED) is 0.245. The number of likely N-dealkylation sites (N-methyl/N-ethyl adjacent to an activating group) is 1. The van der Waals surface area contributed by atoms with Gasteiger partial charge in [-0.3, -0.25) is 0 Å².